The topological polar surface area (TPSA) is 80.9 Å². The number of aromatic nitrogens is 1. The van der Waals surface area contributed by atoms with Crippen LogP contribution in [0.5, 0.6) is 17.2 Å². The van der Waals surface area contributed by atoms with Gasteiger partial charge in [0.25, 0.3) is 0 Å². The van der Waals surface area contributed by atoms with Crippen LogP contribution in [0.25, 0.3) is 22.4 Å². The molecule has 1 unspecified atom stereocenters. The van der Waals surface area contributed by atoms with E-state index in [1.807, 2.05) is 32.9 Å². The zero-order valence-electron chi connectivity index (χ0n) is 19.0. The first-order valence-electron chi connectivity index (χ1n) is 10.3. The lowest BCUT2D eigenvalue weighted by Crippen LogP contribution is -2.18. The van der Waals surface area contributed by atoms with Gasteiger partial charge in [-0.15, -0.1) is 0 Å². The van der Waals surface area contributed by atoms with Gasteiger partial charge >= 0.3 is 5.97 Å². The highest BCUT2D eigenvalue weighted by molar-refractivity contribution is 6.33. The number of phenols is 1. The van der Waals surface area contributed by atoms with Crippen molar-refractivity contribution in [2.75, 3.05) is 14.2 Å². The minimum atomic E-state index is -1.02. The van der Waals surface area contributed by atoms with Crippen molar-refractivity contribution in [3.63, 3.8) is 0 Å². The van der Waals surface area contributed by atoms with Crippen molar-refractivity contribution < 1.29 is 24.5 Å². The molecular formula is C25H26ClNO5. The molecule has 0 radical (unpaired) electrons. The SMILES string of the molecule is COc1cc2c(c(Cl)c1OC)CC(C)n1c(C)c(-c3cc(C)c(O)c(C)c3)c(C(=O)O)c1-2. The Bertz CT molecular complexity index is 1250. The van der Waals surface area contributed by atoms with Crippen LogP contribution in [-0.4, -0.2) is 35.0 Å². The molecule has 1 aromatic heterocycles. The van der Waals surface area contributed by atoms with Crippen molar-refractivity contribution in [3.8, 4) is 39.6 Å². The molecule has 2 aromatic carbocycles. The number of nitrogens with zero attached hydrogens (tertiary/aromatic N) is 1. The standard InChI is InChI=1S/C25H26ClNO5/c1-11-7-15(8-12(2)23(11)28)19-14(4)27-13(3)9-16-17(22(27)20(19)25(29)30)10-18(31-5)24(32-6)21(16)26/h7-8,10,13,28H,9H2,1-6H3,(H,29,30). The number of aryl methyl sites for hydroxylation is 2. The number of hydrogen-bond donors (Lipinski definition) is 2. The Morgan fingerprint density at radius 3 is 2.28 bits per heavy atom. The van der Waals surface area contributed by atoms with E-state index in [4.69, 9.17) is 21.1 Å². The van der Waals surface area contributed by atoms with Gasteiger partial charge in [-0.05, 0) is 74.6 Å². The van der Waals surface area contributed by atoms with E-state index < -0.39 is 5.97 Å². The molecule has 2 heterocycles. The summed E-state index contributed by atoms with van der Waals surface area (Å²) < 4.78 is 13.0. The summed E-state index contributed by atoms with van der Waals surface area (Å²) in [5, 5.41) is 21.0. The van der Waals surface area contributed by atoms with E-state index in [2.05, 4.69) is 11.5 Å². The minimum absolute atomic E-state index is 0.0146. The number of phenolic OH excluding ortho intramolecular Hbond substituents is 1. The van der Waals surface area contributed by atoms with Crippen molar-refractivity contribution in [1.29, 1.82) is 0 Å². The van der Waals surface area contributed by atoms with E-state index in [9.17, 15) is 15.0 Å². The number of benzene rings is 2. The van der Waals surface area contributed by atoms with Gasteiger partial charge in [0.2, 0.25) is 0 Å². The molecule has 0 fully saturated rings. The third-order valence-corrected chi connectivity index (χ3v) is 6.75. The zero-order chi connectivity index (χ0) is 23.5. The summed E-state index contributed by atoms with van der Waals surface area (Å²) in [7, 11) is 3.06. The van der Waals surface area contributed by atoms with Gasteiger partial charge in [-0.1, -0.05) is 11.6 Å². The van der Waals surface area contributed by atoms with Gasteiger partial charge in [0.1, 0.15) is 5.75 Å². The van der Waals surface area contributed by atoms with Crippen LogP contribution in [0.4, 0.5) is 0 Å². The number of hydrogen-bond acceptors (Lipinski definition) is 4. The van der Waals surface area contributed by atoms with Gasteiger partial charge in [0, 0.05) is 22.9 Å². The lowest BCUT2D eigenvalue weighted by atomic mass is 9.90. The number of methoxy groups -OCH3 is 2. The van der Waals surface area contributed by atoms with Gasteiger partial charge in [-0.2, -0.15) is 0 Å². The molecule has 7 heteroatoms. The largest absolute Gasteiger partial charge is 0.507 e. The van der Waals surface area contributed by atoms with E-state index in [-0.39, 0.29) is 17.4 Å². The lowest BCUT2D eigenvalue weighted by Gasteiger charge is -2.29. The quantitative estimate of drug-likeness (QED) is 0.509. The fraction of sp³-hybridized carbons (Fsp3) is 0.320. The second kappa shape index (κ2) is 7.78. The van der Waals surface area contributed by atoms with Crippen LogP contribution in [0.2, 0.25) is 5.02 Å². The summed E-state index contributed by atoms with van der Waals surface area (Å²) in [5.41, 5.74) is 6.03. The summed E-state index contributed by atoms with van der Waals surface area (Å²) in [5.74, 6) is 0.0879. The van der Waals surface area contributed by atoms with Crippen LogP contribution < -0.4 is 9.47 Å². The Hall–Kier alpha value is -3.12. The van der Waals surface area contributed by atoms with Gasteiger partial charge in [0.05, 0.1) is 30.5 Å². The molecule has 3 aromatic rings. The fourth-order valence-corrected chi connectivity index (χ4v) is 5.32. The molecule has 6 nitrogen and oxygen atoms in total. The molecule has 0 amide bonds. The highest BCUT2D eigenvalue weighted by Crippen LogP contribution is 2.51. The normalized spacial score (nSPS) is 14.7. The minimum Gasteiger partial charge on any atom is -0.507 e. The van der Waals surface area contributed by atoms with E-state index in [0.29, 0.717) is 45.3 Å². The summed E-state index contributed by atoms with van der Waals surface area (Å²) in [6.45, 7) is 7.61. The molecule has 0 saturated carbocycles. The fourth-order valence-electron chi connectivity index (χ4n) is 4.97. The van der Waals surface area contributed by atoms with Gasteiger partial charge in [-0.25, -0.2) is 4.79 Å². The molecule has 168 valence electrons. The molecule has 0 spiro atoms. The Labute approximate surface area is 192 Å². The molecule has 1 aliphatic rings. The zero-order valence-corrected chi connectivity index (χ0v) is 19.7. The van der Waals surface area contributed by atoms with Crippen LogP contribution in [-0.2, 0) is 6.42 Å². The number of fused-ring (bicyclic) bond motifs is 3. The molecule has 0 aliphatic carbocycles. The first kappa shape index (κ1) is 22.1. The number of rotatable bonds is 4. The highest BCUT2D eigenvalue weighted by Gasteiger charge is 2.35. The average Bonchev–Trinajstić information content (AvgIpc) is 3.06. The predicted octanol–water partition coefficient (Wildman–Crippen LogP) is 5.94. The van der Waals surface area contributed by atoms with Crippen LogP contribution in [0.1, 0.15) is 45.7 Å². The van der Waals surface area contributed by atoms with Gasteiger partial charge < -0.3 is 24.3 Å². The maximum Gasteiger partial charge on any atom is 0.338 e. The van der Waals surface area contributed by atoms with Crippen molar-refractivity contribution in [2.24, 2.45) is 0 Å². The van der Waals surface area contributed by atoms with Crippen LogP contribution in [0, 0.1) is 20.8 Å². The average molecular weight is 456 g/mol. The predicted molar refractivity (Wildman–Crippen MR) is 125 cm³/mol. The summed E-state index contributed by atoms with van der Waals surface area (Å²) in [6.07, 6.45) is 0.628. The van der Waals surface area contributed by atoms with Crippen molar-refractivity contribution in [2.45, 2.75) is 40.2 Å². The van der Waals surface area contributed by atoms with Crippen molar-refractivity contribution in [1.82, 2.24) is 4.57 Å². The lowest BCUT2D eigenvalue weighted by molar-refractivity contribution is 0.0698. The molecule has 1 atom stereocenters. The van der Waals surface area contributed by atoms with Gasteiger partial charge in [0.15, 0.2) is 11.5 Å². The highest BCUT2D eigenvalue weighted by atomic mass is 35.5. The van der Waals surface area contributed by atoms with Crippen LogP contribution in [0.15, 0.2) is 18.2 Å². The second-order valence-electron chi connectivity index (χ2n) is 8.32. The number of carboxylic acid groups (broad SMARTS) is 1. The number of ether oxygens (including phenoxy) is 2. The van der Waals surface area contributed by atoms with Crippen LogP contribution in [0.3, 0.4) is 0 Å². The van der Waals surface area contributed by atoms with Crippen molar-refractivity contribution in [3.05, 3.63) is 51.2 Å². The summed E-state index contributed by atoms with van der Waals surface area (Å²) in [6, 6.07) is 5.45. The van der Waals surface area contributed by atoms with Crippen molar-refractivity contribution >= 4 is 17.6 Å². The molecule has 32 heavy (non-hydrogen) atoms. The molecular weight excluding hydrogens is 430 g/mol. The smallest absolute Gasteiger partial charge is 0.338 e. The number of aromatic carboxylic acids is 1. The molecule has 1 aliphatic heterocycles. The maximum atomic E-state index is 12.6. The van der Waals surface area contributed by atoms with E-state index in [0.717, 1.165) is 22.4 Å². The summed E-state index contributed by atoms with van der Waals surface area (Å²) >= 11 is 6.71. The Kier molecular flexibility index (Phi) is 5.37. The Morgan fingerprint density at radius 1 is 1.12 bits per heavy atom. The van der Waals surface area contributed by atoms with E-state index in [1.54, 1.807) is 6.07 Å². The van der Waals surface area contributed by atoms with E-state index >= 15 is 0 Å². The van der Waals surface area contributed by atoms with Crippen LogP contribution >= 0.6 is 11.6 Å². The second-order valence-corrected chi connectivity index (χ2v) is 8.70. The number of carboxylic acids is 1. The Morgan fingerprint density at radius 2 is 1.75 bits per heavy atom. The Balaban J connectivity index is 2.13. The monoisotopic (exact) mass is 455 g/mol. The number of aromatic hydroxyl groups is 1. The third-order valence-electron chi connectivity index (χ3n) is 6.35. The maximum absolute atomic E-state index is 12.6. The van der Waals surface area contributed by atoms with Gasteiger partial charge in [-0.3, -0.25) is 0 Å². The molecule has 0 bridgehead atoms. The first-order chi connectivity index (χ1) is 15.1. The number of halogens is 1. The first-order valence-corrected chi connectivity index (χ1v) is 10.7. The molecule has 4 rings (SSSR count). The third kappa shape index (κ3) is 3.05. The molecule has 0 saturated heterocycles. The molecule has 2 N–H and O–H groups in total. The van der Waals surface area contributed by atoms with E-state index in [1.165, 1.54) is 14.2 Å². The number of carbonyl (C=O) groups is 1. The summed E-state index contributed by atoms with van der Waals surface area (Å²) in [4.78, 5) is 12.6.